The van der Waals surface area contributed by atoms with E-state index in [4.69, 9.17) is 4.74 Å². The Morgan fingerprint density at radius 1 is 0.941 bits per heavy atom. The number of hydrogen-bond donors (Lipinski definition) is 1. The van der Waals surface area contributed by atoms with Crippen LogP contribution in [-0.2, 0) is 27.5 Å². The quantitative estimate of drug-likeness (QED) is 0.395. The molecule has 0 bridgehead atoms. The van der Waals surface area contributed by atoms with E-state index >= 15 is 0 Å². The van der Waals surface area contributed by atoms with Crippen LogP contribution in [0.5, 0.6) is 5.75 Å². The summed E-state index contributed by atoms with van der Waals surface area (Å²) in [7, 11) is -3.59. The Balaban J connectivity index is 1.52. The molecule has 1 unspecified atom stereocenters. The third-order valence-corrected chi connectivity index (χ3v) is 7.34. The molecule has 4 rings (SSSR count). The van der Waals surface area contributed by atoms with Gasteiger partial charge in [-0.05, 0) is 47.4 Å². The second kappa shape index (κ2) is 9.60. The minimum absolute atomic E-state index is 0.0526. The van der Waals surface area contributed by atoms with Crippen LogP contribution in [0.4, 0.5) is 0 Å². The topological polar surface area (TPSA) is 81.4 Å². The molecule has 34 heavy (non-hydrogen) atoms. The van der Waals surface area contributed by atoms with Crippen molar-refractivity contribution in [1.29, 1.82) is 0 Å². The van der Waals surface area contributed by atoms with E-state index in [0.717, 1.165) is 5.52 Å². The average molecular weight is 479 g/mol. The van der Waals surface area contributed by atoms with Crippen molar-refractivity contribution in [3.05, 3.63) is 90.3 Å². The number of nitrogens with zero attached hydrogens (tertiary/aromatic N) is 2. The van der Waals surface area contributed by atoms with Gasteiger partial charge in [0.1, 0.15) is 30.0 Å². The SMILES string of the molecule is CC(C)(C)c1ccc(OCC(O)Cn2c(CS(=O)(=O)c3ccccc3)nc3ccccc32)cc1. The molecule has 0 radical (unpaired) electrons. The van der Waals surface area contributed by atoms with Crippen molar-refractivity contribution in [2.24, 2.45) is 0 Å². The number of aromatic nitrogens is 2. The van der Waals surface area contributed by atoms with Crippen LogP contribution in [0.2, 0.25) is 0 Å². The van der Waals surface area contributed by atoms with Crippen molar-refractivity contribution in [2.45, 2.75) is 49.5 Å². The third-order valence-electron chi connectivity index (χ3n) is 5.71. The fourth-order valence-corrected chi connectivity index (χ4v) is 5.13. The first-order chi connectivity index (χ1) is 16.1. The lowest BCUT2D eigenvalue weighted by molar-refractivity contribution is 0.0928. The van der Waals surface area contributed by atoms with Gasteiger partial charge in [-0.3, -0.25) is 0 Å². The largest absolute Gasteiger partial charge is 0.491 e. The van der Waals surface area contributed by atoms with Gasteiger partial charge in [0.05, 0.1) is 22.5 Å². The summed E-state index contributed by atoms with van der Waals surface area (Å²) >= 11 is 0. The highest BCUT2D eigenvalue weighted by atomic mass is 32.2. The molecule has 1 aromatic heterocycles. The van der Waals surface area contributed by atoms with Crippen molar-refractivity contribution in [3.63, 3.8) is 0 Å². The number of para-hydroxylation sites is 2. The van der Waals surface area contributed by atoms with Crippen LogP contribution in [0.1, 0.15) is 32.2 Å². The molecule has 1 atom stereocenters. The fraction of sp³-hybridized carbons (Fsp3) is 0.296. The minimum atomic E-state index is -3.59. The zero-order valence-electron chi connectivity index (χ0n) is 19.7. The van der Waals surface area contributed by atoms with E-state index in [2.05, 4.69) is 25.8 Å². The monoisotopic (exact) mass is 478 g/mol. The van der Waals surface area contributed by atoms with E-state index in [1.165, 1.54) is 5.56 Å². The summed E-state index contributed by atoms with van der Waals surface area (Å²) in [5.74, 6) is 0.807. The van der Waals surface area contributed by atoms with E-state index in [1.54, 1.807) is 34.9 Å². The summed E-state index contributed by atoms with van der Waals surface area (Å²) in [4.78, 5) is 4.81. The zero-order valence-corrected chi connectivity index (χ0v) is 20.5. The second-order valence-electron chi connectivity index (χ2n) is 9.44. The molecule has 0 amide bonds. The maximum absolute atomic E-state index is 13.0. The summed E-state index contributed by atoms with van der Waals surface area (Å²) in [5, 5.41) is 10.7. The first kappa shape index (κ1) is 24.0. The molecular weight excluding hydrogens is 448 g/mol. The third kappa shape index (κ3) is 5.48. The van der Waals surface area contributed by atoms with Crippen molar-refractivity contribution in [1.82, 2.24) is 9.55 Å². The Hall–Kier alpha value is -3.16. The van der Waals surface area contributed by atoms with Crippen molar-refractivity contribution < 1.29 is 18.3 Å². The molecule has 0 spiro atoms. The molecule has 178 valence electrons. The van der Waals surface area contributed by atoms with Gasteiger partial charge < -0.3 is 14.4 Å². The lowest BCUT2D eigenvalue weighted by atomic mass is 9.87. The Bertz CT molecular complexity index is 1360. The molecule has 6 nitrogen and oxygen atoms in total. The molecule has 0 saturated heterocycles. The number of imidazole rings is 1. The number of rotatable bonds is 8. The highest BCUT2D eigenvalue weighted by Gasteiger charge is 2.22. The van der Waals surface area contributed by atoms with Gasteiger partial charge >= 0.3 is 0 Å². The van der Waals surface area contributed by atoms with Crippen LogP contribution in [0.15, 0.2) is 83.8 Å². The van der Waals surface area contributed by atoms with Crippen molar-refractivity contribution >= 4 is 20.9 Å². The highest BCUT2D eigenvalue weighted by molar-refractivity contribution is 7.90. The number of aliphatic hydroxyl groups excluding tert-OH is 1. The highest BCUT2D eigenvalue weighted by Crippen LogP contribution is 2.25. The molecule has 1 heterocycles. The van der Waals surface area contributed by atoms with Crippen LogP contribution in [0.3, 0.4) is 0 Å². The number of hydrogen-bond acceptors (Lipinski definition) is 5. The average Bonchev–Trinajstić information content (AvgIpc) is 3.14. The van der Waals surface area contributed by atoms with Crippen LogP contribution in [0, 0.1) is 0 Å². The zero-order chi connectivity index (χ0) is 24.3. The van der Waals surface area contributed by atoms with Gasteiger partial charge in [-0.2, -0.15) is 0 Å². The van der Waals surface area contributed by atoms with Gasteiger partial charge in [-0.1, -0.05) is 63.2 Å². The van der Waals surface area contributed by atoms with Gasteiger partial charge in [0, 0.05) is 0 Å². The van der Waals surface area contributed by atoms with E-state index in [1.807, 2.05) is 48.5 Å². The number of benzene rings is 3. The van der Waals surface area contributed by atoms with E-state index in [-0.39, 0.29) is 29.2 Å². The molecule has 7 heteroatoms. The summed E-state index contributed by atoms with van der Waals surface area (Å²) < 4.78 is 33.5. The predicted molar refractivity (Wildman–Crippen MR) is 134 cm³/mol. The summed E-state index contributed by atoms with van der Waals surface area (Å²) in [6.45, 7) is 6.69. The lowest BCUT2D eigenvalue weighted by Gasteiger charge is -2.20. The molecule has 4 aromatic rings. The van der Waals surface area contributed by atoms with Crippen LogP contribution < -0.4 is 4.74 Å². The maximum Gasteiger partial charge on any atom is 0.185 e. The van der Waals surface area contributed by atoms with Gasteiger partial charge in [-0.15, -0.1) is 0 Å². The van der Waals surface area contributed by atoms with Gasteiger partial charge in [0.2, 0.25) is 0 Å². The summed E-state index contributed by atoms with van der Waals surface area (Å²) in [6, 6.07) is 23.6. The molecule has 0 fully saturated rings. The van der Waals surface area contributed by atoms with Crippen molar-refractivity contribution in [2.75, 3.05) is 6.61 Å². The van der Waals surface area contributed by atoms with Crippen LogP contribution >= 0.6 is 0 Å². The Morgan fingerprint density at radius 3 is 2.26 bits per heavy atom. The maximum atomic E-state index is 13.0. The number of aliphatic hydroxyl groups is 1. The fourth-order valence-electron chi connectivity index (χ4n) is 3.83. The standard InChI is InChI=1S/C27H30N2O4S/c1-27(2,3)20-13-15-22(16-14-20)33-18-21(30)17-29-25-12-8-7-11-24(25)28-26(29)19-34(31,32)23-9-5-4-6-10-23/h4-16,21,30H,17-19H2,1-3H3. The molecular formula is C27H30N2O4S. The molecule has 3 aromatic carbocycles. The van der Waals surface area contributed by atoms with E-state index in [9.17, 15) is 13.5 Å². The van der Waals surface area contributed by atoms with Crippen LogP contribution in [0.25, 0.3) is 11.0 Å². The Labute approximate surface area is 200 Å². The minimum Gasteiger partial charge on any atom is -0.491 e. The normalized spacial score (nSPS) is 13.2. The van der Waals surface area contributed by atoms with Gasteiger partial charge in [0.15, 0.2) is 9.84 Å². The molecule has 0 saturated carbocycles. The van der Waals surface area contributed by atoms with E-state index in [0.29, 0.717) is 17.1 Å². The molecule has 0 aliphatic rings. The predicted octanol–water partition coefficient (Wildman–Crippen LogP) is 4.75. The molecule has 1 N–H and O–H groups in total. The number of sulfone groups is 1. The molecule has 0 aliphatic heterocycles. The van der Waals surface area contributed by atoms with Gasteiger partial charge in [-0.25, -0.2) is 13.4 Å². The number of fused-ring (bicyclic) bond motifs is 1. The van der Waals surface area contributed by atoms with Gasteiger partial charge in [0.25, 0.3) is 0 Å². The summed E-state index contributed by atoms with van der Waals surface area (Å²) in [6.07, 6.45) is -0.849. The van der Waals surface area contributed by atoms with Crippen LogP contribution in [-0.4, -0.2) is 35.8 Å². The first-order valence-electron chi connectivity index (χ1n) is 11.3. The second-order valence-corrected chi connectivity index (χ2v) is 11.4. The smallest absolute Gasteiger partial charge is 0.185 e. The van der Waals surface area contributed by atoms with E-state index < -0.39 is 15.9 Å². The molecule has 0 aliphatic carbocycles. The summed E-state index contributed by atoms with van der Waals surface area (Å²) in [5.41, 5.74) is 2.72. The van der Waals surface area contributed by atoms with Crippen molar-refractivity contribution in [3.8, 4) is 5.75 Å². The Kier molecular flexibility index (Phi) is 6.77. The Morgan fingerprint density at radius 2 is 1.59 bits per heavy atom. The lowest BCUT2D eigenvalue weighted by Crippen LogP contribution is -2.25. The number of ether oxygens (including phenoxy) is 1. The first-order valence-corrected chi connectivity index (χ1v) is 12.9.